The summed E-state index contributed by atoms with van der Waals surface area (Å²) in [5, 5.41) is 14.7. The monoisotopic (exact) mass is 567 g/mol. The van der Waals surface area contributed by atoms with Gasteiger partial charge in [-0.2, -0.15) is 0 Å². The SMILES string of the molecule is Cl.Nc1c(Oc2ccc(C=O)cc2)ncn(CC2(O)CCN(C(=O)[C@@H]3CCNC[C@H]3c3ccccc3)CC2)c1=O. The number of likely N-dealkylation sites (tertiary alicyclic amines) is 1. The molecule has 2 aromatic carbocycles. The van der Waals surface area contributed by atoms with Gasteiger partial charge in [-0.1, -0.05) is 30.3 Å². The number of ether oxygens (including phenoxy) is 1. The fourth-order valence-electron chi connectivity index (χ4n) is 5.47. The molecule has 4 N–H and O–H groups in total. The third kappa shape index (κ3) is 6.35. The number of carbonyl (C=O) groups is 2. The van der Waals surface area contributed by atoms with Crippen LogP contribution >= 0.6 is 12.4 Å². The Morgan fingerprint density at radius 2 is 1.85 bits per heavy atom. The van der Waals surface area contributed by atoms with E-state index >= 15 is 0 Å². The number of amides is 1. The molecule has 3 aromatic rings. The first-order valence-electron chi connectivity index (χ1n) is 13.2. The second-order valence-corrected chi connectivity index (χ2v) is 10.4. The predicted octanol–water partition coefficient (Wildman–Crippen LogP) is 2.60. The molecule has 2 saturated heterocycles. The van der Waals surface area contributed by atoms with E-state index in [0.29, 0.717) is 37.2 Å². The molecule has 2 atom stereocenters. The highest BCUT2D eigenvalue weighted by Gasteiger charge is 2.39. The maximum absolute atomic E-state index is 13.5. The van der Waals surface area contributed by atoms with Gasteiger partial charge in [-0.15, -0.1) is 12.4 Å². The first-order valence-corrected chi connectivity index (χ1v) is 13.2. The number of rotatable bonds is 7. The number of hydrogen-bond donors (Lipinski definition) is 3. The lowest BCUT2D eigenvalue weighted by Gasteiger charge is -2.41. The number of nitrogens with zero attached hydrogens (tertiary/aromatic N) is 3. The Labute approximate surface area is 238 Å². The number of aromatic nitrogens is 2. The maximum Gasteiger partial charge on any atom is 0.280 e. The van der Waals surface area contributed by atoms with Gasteiger partial charge in [0.2, 0.25) is 11.8 Å². The van der Waals surface area contributed by atoms with Crippen LogP contribution in [-0.4, -0.2) is 63.5 Å². The van der Waals surface area contributed by atoms with Crippen LogP contribution in [0.2, 0.25) is 0 Å². The topological polar surface area (TPSA) is 140 Å². The second-order valence-electron chi connectivity index (χ2n) is 10.4. The minimum absolute atomic E-state index is 0. The van der Waals surface area contributed by atoms with Crippen LogP contribution in [0.4, 0.5) is 5.69 Å². The number of anilines is 1. The second kappa shape index (κ2) is 12.6. The Hall–Kier alpha value is -3.73. The average Bonchev–Trinajstić information content (AvgIpc) is 2.98. The van der Waals surface area contributed by atoms with Crippen molar-refractivity contribution >= 4 is 30.3 Å². The minimum atomic E-state index is -1.17. The molecule has 0 unspecified atom stereocenters. The van der Waals surface area contributed by atoms with E-state index in [1.165, 1.54) is 10.9 Å². The average molecular weight is 568 g/mol. The summed E-state index contributed by atoms with van der Waals surface area (Å²) in [6.07, 6.45) is 3.48. The number of aliphatic hydroxyl groups is 1. The number of nitrogens with one attached hydrogen (secondary N) is 1. The lowest BCUT2D eigenvalue weighted by atomic mass is 9.80. The van der Waals surface area contributed by atoms with Crippen molar-refractivity contribution in [1.29, 1.82) is 0 Å². The highest BCUT2D eigenvalue weighted by atomic mass is 35.5. The number of nitrogens with two attached hydrogens (primary N) is 1. The predicted molar refractivity (Wildman–Crippen MR) is 153 cm³/mol. The number of carbonyl (C=O) groups excluding carboxylic acids is 2. The molecule has 11 heteroatoms. The molecule has 2 aliphatic rings. The summed E-state index contributed by atoms with van der Waals surface area (Å²) in [4.78, 5) is 43.3. The van der Waals surface area contributed by atoms with Crippen molar-refractivity contribution in [3.8, 4) is 11.6 Å². The third-order valence-electron chi connectivity index (χ3n) is 7.76. The van der Waals surface area contributed by atoms with E-state index in [1.807, 2.05) is 23.1 Å². The molecule has 2 fully saturated rings. The molecule has 1 amide bonds. The highest BCUT2D eigenvalue weighted by Crippen LogP contribution is 2.33. The van der Waals surface area contributed by atoms with Gasteiger partial charge in [0.05, 0.1) is 12.1 Å². The number of nitrogen functional groups attached to an aromatic ring is 1. The summed E-state index contributed by atoms with van der Waals surface area (Å²) in [6, 6.07) is 16.5. The van der Waals surface area contributed by atoms with Crippen molar-refractivity contribution in [2.75, 3.05) is 31.9 Å². The molecular formula is C29H34ClN5O5. The van der Waals surface area contributed by atoms with Crippen LogP contribution in [0.25, 0.3) is 0 Å². The summed E-state index contributed by atoms with van der Waals surface area (Å²) in [5.74, 6) is 0.477. The molecule has 10 nitrogen and oxygen atoms in total. The molecule has 1 aromatic heterocycles. The lowest BCUT2D eigenvalue weighted by Crippen LogP contribution is -2.52. The van der Waals surface area contributed by atoms with Crippen molar-refractivity contribution in [2.45, 2.75) is 37.3 Å². The molecule has 2 aliphatic heterocycles. The van der Waals surface area contributed by atoms with Gasteiger partial charge in [-0.25, -0.2) is 4.98 Å². The van der Waals surface area contributed by atoms with Crippen molar-refractivity contribution in [2.24, 2.45) is 5.92 Å². The molecule has 212 valence electrons. The third-order valence-corrected chi connectivity index (χ3v) is 7.76. The van der Waals surface area contributed by atoms with Crippen LogP contribution in [0.3, 0.4) is 0 Å². The summed E-state index contributed by atoms with van der Waals surface area (Å²) >= 11 is 0. The maximum atomic E-state index is 13.5. The minimum Gasteiger partial charge on any atom is -0.437 e. The van der Waals surface area contributed by atoms with Crippen LogP contribution in [0.5, 0.6) is 11.6 Å². The van der Waals surface area contributed by atoms with Gasteiger partial charge in [-0.3, -0.25) is 19.0 Å². The van der Waals surface area contributed by atoms with Gasteiger partial charge in [0, 0.05) is 37.0 Å². The molecule has 0 aliphatic carbocycles. The Bertz CT molecular complexity index is 1370. The molecule has 40 heavy (non-hydrogen) atoms. The van der Waals surface area contributed by atoms with Gasteiger partial charge in [0.15, 0.2) is 5.69 Å². The quantitative estimate of drug-likeness (QED) is 0.370. The Kier molecular flexibility index (Phi) is 9.24. The first-order chi connectivity index (χ1) is 18.9. The summed E-state index contributed by atoms with van der Waals surface area (Å²) < 4.78 is 6.91. The van der Waals surface area contributed by atoms with Gasteiger partial charge >= 0.3 is 0 Å². The first kappa shape index (κ1) is 29.3. The van der Waals surface area contributed by atoms with E-state index in [4.69, 9.17) is 10.5 Å². The number of benzene rings is 2. The molecule has 5 rings (SSSR count). The number of hydrogen-bond acceptors (Lipinski definition) is 8. The van der Waals surface area contributed by atoms with Crippen LogP contribution in [0.15, 0.2) is 65.7 Å². The van der Waals surface area contributed by atoms with Crippen LogP contribution in [0, 0.1) is 5.92 Å². The van der Waals surface area contributed by atoms with Crippen molar-refractivity contribution in [3.05, 3.63) is 82.4 Å². The summed E-state index contributed by atoms with van der Waals surface area (Å²) in [5.41, 5.74) is 5.81. The lowest BCUT2D eigenvalue weighted by molar-refractivity contribution is -0.141. The highest BCUT2D eigenvalue weighted by molar-refractivity contribution is 5.85. The van der Waals surface area contributed by atoms with E-state index in [2.05, 4.69) is 22.4 Å². The molecule has 0 bridgehead atoms. The zero-order chi connectivity index (χ0) is 27.4. The van der Waals surface area contributed by atoms with Gasteiger partial charge < -0.3 is 25.8 Å². The van der Waals surface area contributed by atoms with Gasteiger partial charge in [0.25, 0.3) is 5.56 Å². The van der Waals surface area contributed by atoms with Gasteiger partial charge in [-0.05, 0) is 55.6 Å². The van der Waals surface area contributed by atoms with Crippen LogP contribution in [0.1, 0.15) is 41.1 Å². The van der Waals surface area contributed by atoms with Crippen LogP contribution < -0.4 is 21.3 Å². The Morgan fingerprint density at radius 1 is 1.15 bits per heavy atom. The van der Waals surface area contributed by atoms with E-state index in [-0.39, 0.29) is 48.3 Å². The van der Waals surface area contributed by atoms with Crippen molar-refractivity contribution in [3.63, 3.8) is 0 Å². The van der Waals surface area contributed by atoms with E-state index in [0.717, 1.165) is 31.4 Å². The summed E-state index contributed by atoms with van der Waals surface area (Å²) in [6.45, 7) is 2.41. The summed E-state index contributed by atoms with van der Waals surface area (Å²) in [7, 11) is 0. The molecule has 0 radical (unpaired) electrons. The Balaban J connectivity index is 0.00000370. The molecule has 0 spiro atoms. The number of piperidine rings is 2. The molecule has 3 heterocycles. The number of aldehydes is 1. The zero-order valence-corrected chi connectivity index (χ0v) is 22.9. The zero-order valence-electron chi connectivity index (χ0n) is 22.1. The smallest absolute Gasteiger partial charge is 0.280 e. The molecular weight excluding hydrogens is 534 g/mol. The molecule has 0 saturated carbocycles. The van der Waals surface area contributed by atoms with E-state index in [9.17, 15) is 19.5 Å². The van der Waals surface area contributed by atoms with E-state index < -0.39 is 11.2 Å². The van der Waals surface area contributed by atoms with Gasteiger partial charge in [0.1, 0.15) is 18.4 Å². The standard InChI is InChI=1S/C29H33N5O5.ClH/c30-25-26(39-22-8-6-20(17-35)7-9-22)32-19-34(28(25)37)18-29(38)11-14-33(15-12-29)27(36)23-10-13-31-16-24(23)21-4-2-1-3-5-21;/h1-9,17,19,23-24,31,38H,10-16,18,30H2;1H/t23-,24+;/m1./s1. The fourth-order valence-corrected chi connectivity index (χ4v) is 5.47. The van der Waals surface area contributed by atoms with E-state index in [1.54, 1.807) is 24.3 Å². The Morgan fingerprint density at radius 3 is 2.52 bits per heavy atom. The largest absolute Gasteiger partial charge is 0.437 e. The van der Waals surface area contributed by atoms with Crippen LogP contribution in [-0.2, 0) is 11.3 Å². The fraction of sp³-hybridized carbons (Fsp3) is 0.379. The number of halogens is 1. The normalized spacial score (nSPS) is 20.3. The van der Waals surface area contributed by atoms with Crippen molar-refractivity contribution < 1.29 is 19.4 Å². The van der Waals surface area contributed by atoms with Crippen molar-refractivity contribution in [1.82, 2.24) is 19.8 Å².